The Labute approximate surface area is 147 Å². The Balaban J connectivity index is 1.87. The Hall–Kier alpha value is -2.05. The minimum absolute atomic E-state index is 0.183. The average Bonchev–Trinajstić information content (AvgIpc) is 2.55. The zero-order chi connectivity index (χ0) is 16.7. The summed E-state index contributed by atoms with van der Waals surface area (Å²) in [6.45, 7) is -0.183. The van der Waals surface area contributed by atoms with Gasteiger partial charge in [0, 0.05) is 15.1 Å². The van der Waals surface area contributed by atoms with Crippen molar-refractivity contribution in [2.24, 2.45) is 5.10 Å². The van der Waals surface area contributed by atoms with Gasteiger partial charge in [-0.3, -0.25) is 4.79 Å². The number of carbonyl (C=O) groups is 1. The number of benzene rings is 2. The van der Waals surface area contributed by atoms with Crippen LogP contribution in [0, 0.1) is 0 Å². The molecule has 0 aliphatic heterocycles. The maximum Gasteiger partial charge on any atom is 0.277 e. The molecule has 0 spiro atoms. The molecule has 0 aromatic heterocycles. The lowest BCUT2D eigenvalue weighted by Gasteiger charge is -2.10. The maximum absolute atomic E-state index is 11.7. The SMILES string of the molecule is COc1cc(Br)ccc1OCC(=O)N/N=C/c1ccccc1Cl. The van der Waals surface area contributed by atoms with Crippen molar-refractivity contribution >= 4 is 39.7 Å². The lowest BCUT2D eigenvalue weighted by atomic mass is 10.2. The maximum atomic E-state index is 11.7. The Kier molecular flexibility index (Phi) is 6.43. The van der Waals surface area contributed by atoms with Gasteiger partial charge >= 0.3 is 0 Å². The summed E-state index contributed by atoms with van der Waals surface area (Å²) >= 11 is 9.32. The van der Waals surface area contributed by atoms with Crippen molar-refractivity contribution in [3.8, 4) is 11.5 Å². The van der Waals surface area contributed by atoms with E-state index >= 15 is 0 Å². The number of amides is 1. The first-order chi connectivity index (χ1) is 11.1. The van der Waals surface area contributed by atoms with Crippen LogP contribution < -0.4 is 14.9 Å². The smallest absolute Gasteiger partial charge is 0.277 e. The Bertz CT molecular complexity index is 722. The number of rotatable bonds is 6. The molecule has 0 fully saturated rings. The quantitative estimate of drug-likeness (QED) is 0.598. The molecule has 1 amide bonds. The molecule has 2 aromatic rings. The zero-order valence-electron chi connectivity index (χ0n) is 12.3. The van der Waals surface area contributed by atoms with Crippen LogP contribution >= 0.6 is 27.5 Å². The molecule has 0 atom stereocenters. The van der Waals surface area contributed by atoms with Crippen LogP contribution in [0.25, 0.3) is 0 Å². The molecule has 0 bridgehead atoms. The van der Waals surface area contributed by atoms with Crippen LogP contribution in [-0.2, 0) is 4.79 Å². The third-order valence-electron chi connectivity index (χ3n) is 2.78. The molecule has 0 aliphatic rings. The van der Waals surface area contributed by atoms with Gasteiger partial charge in [-0.2, -0.15) is 5.10 Å². The highest BCUT2D eigenvalue weighted by Crippen LogP contribution is 2.29. The summed E-state index contributed by atoms with van der Waals surface area (Å²) in [4.78, 5) is 11.7. The molecule has 2 rings (SSSR count). The van der Waals surface area contributed by atoms with E-state index in [1.54, 1.807) is 30.3 Å². The number of methoxy groups -OCH3 is 1. The molecule has 5 nitrogen and oxygen atoms in total. The van der Waals surface area contributed by atoms with E-state index in [-0.39, 0.29) is 6.61 Å². The third kappa shape index (κ3) is 5.26. The van der Waals surface area contributed by atoms with Gasteiger partial charge in [-0.15, -0.1) is 0 Å². The number of nitrogens with one attached hydrogen (secondary N) is 1. The Morgan fingerprint density at radius 2 is 2.09 bits per heavy atom. The van der Waals surface area contributed by atoms with Crippen molar-refractivity contribution in [3.05, 3.63) is 57.5 Å². The number of carbonyl (C=O) groups excluding carboxylic acids is 1. The minimum atomic E-state index is -0.390. The van der Waals surface area contributed by atoms with Crippen LogP contribution in [0.5, 0.6) is 11.5 Å². The lowest BCUT2D eigenvalue weighted by Crippen LogP contribution is -2.24. The van der Waals surface area contributed by atoms with Gasteiger partial charge in [0.25, 0.3) is 5.91 Å². The monoisotopic (exact) mass is 396 g/mol. The van der Waals surface area contributed by atoms with Gasteiger partial charge in [0.1, 0.15) is 0 Å². The lowest BCUT2D eigenvalue weighted by molar-refractivity contribution is -0.123. The molecule has 120 valence electrons. The molecular formula is C16H14BrClN2O3. The van der Waals surface area contributed by atoms with Gasteiger partial charge < -0.3 is 9.47 Å². The van der Waals surface area contributed by atoms with Crippen molar-refractivity contribution in [2.75, 3.05) is 13.7 Å². The van der Waals surface area contributed by atoms with Crippen molar-refractivity contribution in [3.63, 3.8) is 0 Å². The van der Waals surface area contributed by atoms with Crippen LogP contribution in [0.3, 0.4) is 0 Å². The van der Waals surface area contributed by atoms with Gasteiger partial charge in [-0.25, -0.2) is 5.43 Å². The highest BCUT2D eigenvalue weighted by atomic mass is 79.9. The normalized spacial score (nSPS) is 10.6. The average molecular weight is 398 g/mol. The van der Waals surface area contributed by atoms with E-state index in [2.05, 4.69) is 26.5 Å². The summed E-state index contributed by atoms with van der Waals surface area (Å²) < 4.78 is 11.5. The van der Waals surface area contributed by atoms with Crippen molar-refractivity contribution in [1.29, 1.82) is 0 Å². The first kappa shape index (κ1) is 17.3. The van der Waals surface area contributed by atoms with E-state index in [0.717, 1.165) is 4.47 Å². The molecule has 0 heterocycles. The molecule has 0 saturated carbocycles. The predicted molar refractivity (Wildman–Crippen MR) is 93.4 cm³/mol. The van der Waals surface area contributed by atoms with E-state index in [1.165, 1.54) is 13.3 Å². The highest BCUT2D eigenvalue weighted by Gasteiger charge is 2.07. The first-order valence-electron chi connectivity index (χ1n) is 6.63. The van der Waals surface area contributed by atoms with Crippen molar-refractivity contribution in [1.82, 2.24) is 5.43 Å². The number of hydrazone groups is 1. The van der Waals surface area contributed by atoms with Crippen LogP contribution in [0.1, 0.15) is 5.56 Å². The van der Waals surface area contributed by atoms with Crippen LogP contribution in [0.15, 0.2) is 52.0 Å². The van der Waals surface area contributed by atoms with Gasteiger partial charge in [0.05, 0.1) is 13.3 Å². The summed E-state index contributed by atoms with van der Waals surface area (Å²) in [5.74, 6) is 0.617. The fraction of sp³-hybridized carbons (Fsp3) is 0.125. The summed E-state index contributed by atoms with van der Waals surface area (Å²) in [5, 5.41) is 4.40. The minimum Gasteiger partial charge on any atom is -0.493 e. The van der Waals surface area contributed by atoms with E-state index in [9.17, 15) is 4.79 Å². The fourth-order valence-corrected chi connectivity index (χ4v) is 2.21. The molecular weight excluding hydrogens is 384 g/mol. The number of ether oxygens (including phenoxy) is 2. The molecule has 7 heteroatoms. The second-order valence-electron chi connectivity index (χ2n) is 4.40. The summed E-state index contributed by atoms with van der Waals surface area (Å²) in [6.07, 6.45) is 1.47. The third-order valence-corrected chi connectivity index (χ3v) is 3.62. The number of hydrogen-bond acceptors (Lipinski definition) is 4. The molecule has 0 aliphatic carbocycles. The Morgan fingerprint density at radius 3 is 2.83 bits per heavy atom. The van der Waals surface area contributed by atoms with Crippen molar-refractivity contribution in [2.45, 2.75) is 0 Å². The van der Waals surface area contributed by atoms with Crippen LogP contribution in [0.4, 0.5) is 0 Å². The molecule has 1 N–H and O–H groups in total. The summed E-state index contributed by atoms with van der Waals surface area (Å²) in [7, 11) is 1.53. The standard InChI is InChI=1S/C16H14BrClN2O3/c1-22-15-8-12(17)6-7-14(15)23-10-16(21)20-19-9-11-4-2-3-5-13(11)18/h2-9H,10H2,1H3,(H,20,21)/b19-9+. The fourth-order valence-electron chi connectivity index (χ4n) is 1.69. The summed E-state index contributed by atoms with van der Waals surface area (Å²) in [6, 6.07) is 12.4. The molecule has 0 radical (unpaired) electrons. The van der Waals surface area contributed by atoms with Crippen LogP contribution in [-0.4, -0.2) is 25.8 Å². The summed E-state index contributed by atoms with van der Waals surface area (Å²) in [5.41, 5.74) is 3.09. The largest absolute Gasteiger partial charge is 0.493 e. The first-order valence-corrected chi connectivity index (χ1v) is 7.80. The molecule has 0 unspecified atom stereocenters. The second kappa shape index (κ2) is 8.55. The van der Waals surface area contributed by atoms with Gasteiger partial charge in [0.2, 0.25) is 0 Å². The van der Waals surface area contributed by atoms with E-state index < -0.39 is 5.91 Å². The number of halogens is 2. The number of nitrogens with zero attached hydrogens (tertiary/aromatic N) is 1. The van der Waals surface area contributed by atoms with Gasteiger partial charge in [-0.1, -0.05) is 45.7 Å². The van der Waals surface area contributed by atoms with E-state index in [4.69, 9.17) is 21.1 Å². The number of hydrogen-bond donors (Lipinski definition) is 1. The van der Waals surface area contributed by atoms with Gasteiger partial charge in [0.15, 0.2) is 18.1 Å². The predicted octanol–water partition coefficient (Wildman–Crippen LogP) is 3.64. The zero-order valence-corrected chi connectivity index (χ0v) is 14.6. The molecule has 0 saturated heterocycles. The Morgan fingerprint density at radius 1 is 1.30 bits per heavy atom. The highest BCUT2D eigenvalue weighted by molar-refractivity contribution is 9.10. The van der Waals surface area contributed by atoms with Crippen molar-refractivity contribution < 1.29 is 14.3 Å². The topological polar surface area (TPSA) is 59.9 Å². The molecule has 2 aromatic carbocycles. The van der Waals surface area contributed by atoms with Gasteiger partial charge in [-0.05, 0) is 24.3 Å². The second-order valence-corrected chi connectivity index (χ2v) is 5.72. The van der Waals surface area contributed by atoms with Crippen LogP contribution in [0.2, 0.25) is 5.02 Å². The molecule has 23 heavy (non-hydrogen) atoms. The van der Waals surface area contributed by atoms with E-state index in [0.29, 0.717) is 22.1 Å². The van der Waals surface area contributed by atoms with E-state index in [1.807, 2.05) is 12.1 Å².